The van der Waals surface area contributed by atoms with Crippen molar-refractivity contribution in [1.82, 2.24) is 33.2 Å². The third-order valence-corrected chi connectivity index (χ3v) is 26.3. The number of hydrogen-bond acceptors (Lipinski definition) is 2. The maximum atomic E-state index is 7.01. The molecule has 0 amide bonds. The van der Waals surface area contributed by atoms with Crippen LogP contribution in [-0.4, -0.2) is 38.6 Å². The summed E-state index contributed by atoms with van der Waals surface area (Å²) in [6.07, 6.45) is 12.7. The number of fused-ring (bicyclic) bond motifs is 5. The molecule has 0 bridgehead atoms. The highest BCUT2D eigenvalue weighted by Crippen LogP contribution is 2.31. The number of nitrogens with one attached hydrogen (secondary N) is 1. The Morgan fingerprint density at radius 1 is 0.302 bits per heavy atom. The fourth-order valence-corrected chi connectivity index (χ4v) is 17.5. The first-order chi connectivity index (χ1) is 56.4. The SMILES string of the molecule is BrCCc1cccc2ccccc12.BrCc1cc(CBr)cc(CBr)c1.Clc1c(Cl)[n+](Cc2cc(C[n+]3cn(CCc4cccc5ccccc45)c(Cl)c3Cl)cc(C[n+]3cn(Cc4cccc5ccccc45)c(Cl)c3Cl)c2)cn1CCc1cccc2ccccc12.Clc1nc[nH]c1Cl.Clc1ncn(CCc2cccc3ccccc23)c1Cl. The zero-order valence-electron chi connectivity index (χ0n) is 62.5. The summed E-state index contributed by atoms with van der Waals surface area (Å²) in [4.78, 5) is 10.2. The van der Waals surface area contributed by atoms with Gasteiger partial charge in [0, 0.05) is 46.3 Å². The van der Waals surface area contributed by atoms with Crippen molar-refractivity contribution in [3.8, 4) is 0 Å². The first-order valence-electron chi connectivity index (χ1n) is 37.3. The summed E-state index contributed by atoms with van der Waals surface area (Å²) in [5, 5.41) is 20.8. The van der Waals surface area contributed by atoms with Crippen LogP contribution in [0, 0.1) is 0 Å². The van der Waals surface area contributed by atoms with Crippen molar-refractivity contribution in [3.05, 3.63) is 393 Å². The van der Waals surface area contributed by atoms with Crippen LogP contribution in [-0.2, 0) is 87.5 Å². The standard InChI is InChI=1S/C53H43Cl6N6.C15H12Cl2N2.C12H11Br.C9H9Br3.C3H2Cl2N2/c54-48-50(56)62(33-60(48)24-22-42-16-7-13-39-10-1-4-19-45(39)42)29-36-26-37(30-63-34-61(49(55)51(63)57)25-23-43-17-8-14-40-11-2-5-20-46(40)43)28-38(27-36)31-64-35-65(53(59)52(64)58)32-44-18-9-15-41-12-3-6-21-47(41)44;16-14-15(17)19(10-18-14)9-8-12-6-3-5-11-4-1-2-7-13(11)12;13-9-8-11-6-3-5-10-4-1-2-7-12(10)11;10-4-7-1-8(5-11)3-9(2-7)6-12;4-2-3(5)7-1-6-2/h1-21,26-28,33-35H,22-25,29-32H2;1-7,10H,8-9H2;1-7H,8-9H2;1-3H,4-6H2;1H,(H,6,7)/q+3;;;;. The van der Waals surface area contributed by atoms with Gasteiger partial charge < -0.3 is 9.55 Å². The summed E-state index contributed by atoms with van der Waals surface area (Å²) in [6.45, 7) is 4.11. The first-order valence-corrected chi connectivity index (χ1v) is 45.5. The molecule has 0 radical (unpaired) electrons. The topological polar surface area (TPSA) is 72.9 Å². The molecule has 0 spiro atoms. The molecular formula is C92H77Br4Cl10N10+3. The summed E-state index contributed by atoms with van der Waals surface area (Å²) in [5.74, 6) is 0. The molecule has 17 rings (SSSR count). The van der Waals surface area contributed by atoms with Gasteiger partial charge in [-0.1, -0.05) is 341 Å². The number of aromatic nitrogens is 10. The number of rotatable bonds is 22. The van der Waals surface area contributed by atoms with E-state index in [1.807, 2.05) is 51.0 Å². The molecule has 116 heavy (non-hydrogen) atoms. The summed E-state index contributed by atoms with van der Waals surface area (Å²) in [5.41, 5.74) is 13.5. The largest absolute Gasteiger partial charge is 0.334 e. The Hall–Kier alpha value is -7.19. The van der Waals surface area contributed by atoms with Gasteiger partial charge in [-0.05, 0) is 210 Å². The lowest BCUT2D eigenvalue weighted by molar-refractivity contribution is -0.687. The van der Waals surface area contributed by atoms with E-state index in [0.717, 1.165) is 75.8 Å². The fourth-order valence-electron chi connectivity index (χ4n) is 14.3. The lowest BCUT2D eigenvalue weighted by atomic mass is 10.0. The predicted molar refractivity (Wildman–Crippen MR) is 500 cm³/mol. The third-order valence-electron chi connectivity index (χ3n) is 19.9. The van der Waals surface area contributed by atoms with Gasteiger partial charge in [0.2, 0.25) is 19.0 Å². The zero-order valence-corrected chi connectivity index (χ0v) is 76.4. The normalized spacial score (nSPS) is 11.2. The van der Waals surface area contributed by atoms with Gasteiger partial charge in [0.25, 0.3) is 30.9 Å². The van der Waals surface area contributed by atoms with E-state index in [0.29, 0.717) is 90.8 Å². The van der Waals surface area contributed by atoms with E-state index in [4.69, 9.17) is 116 Å². The average molecular weight is 2000 g/mol. The molecule has 0 aliphatic heterocycles. The zero-order chi connectivity index (χ0) is 81.2. The van der Waals surface area contributed by atoms with Gasteiger partial charge in [-0.3, -0.25) is 0 Å². The van der Waals surface area contributed by atoms with Gasteiger partial charge in [0.05, 0.1) is 25.7 Å². The van der Waals surface area contributed by atoms with Crippen LogP contribution in [0.3, 0.4) is 0 Å². The molecule has 0 unspecified atom stereocenters. The molecule has 0 aliphatic rings. The van der Waals surface area contributed by atoms with Crippen LogP contribution in [0.15, 0.2) is 280 Å². The number of H-pyrrole nitrogens is 1. The molecular weight excluding hydrogens is 1920 g/mol. The minimum absolute atomic E-state index is 0.321. The van der Waals surface area contributed by atoms with Crippen molar-refractivity contribution in [3.63, 3.8) is 0 Å². The molecule has 24 heteroatoms. The molecule has 0 saturated heterocycles. The Morgan fingerprint density at radius 2 is 0.603 bits per heavy atom. The molecule has 0 aliphatic carbocycles. The van der Waals surface area contributed by atoms with Gasteiger partial charge in [0.1, 0.15) is 36.5 Å². The molecule has 1 N–H and O–H groups in total. The Kier molecular flexibility index (Phi) is 31.5. The van der Waals surface area contributed by atoms with E-state index in [1.165, 1.54) is 99.1 Å². The number of alkyl halides is 4. The van der Waals surface area contributed by atoms with Crippen LogP contribution in [0.25, 0.3) is 53.9 Å². The number of aryl methyl sites for hydroxylation is 7. The van der Waals surface area contributed by atoms with Crippen molar-refractivity contribution in [2.75, 3.05) is 5.33 Å². The Balaban J connectivity index is 0.000000181. The Labute approximate surface area is 758 Å². The highest BCUT2D eigenvalue weighted by atomic mass is 79.9. The Morgan fingerprint density at radius 3 is 0.914 bits per heavy atom. The summed E-state index contributed by atoms with van der Waals surface area (Å²) >= 11 is 78.3. The smallest absolute Gasteiger partial charge is 0.255 e. The number of aromatic amines is 1. The van der Waals surface area contributed by atoms with Crippen molar-refractivity contribution >= 4 is 234 Å². The lowest BCUT2D eigenvalue weighted by Gasteiger charge is -2.08. The summed E-state index contributed by atoms with van der Waals surface area (Å²) < 4.78 is 13.9. The van der Waals surface area contributed by atoms with Crippen molar-refractivity contribution in [2.24, 2.45) is 0 Å². The summed E-state index contributed by atoms with van der Waals surface area (Å²) in [7, 11) is 0. The predicted octanol–water partition coefficient (Wildman–Crippen LogP) is 27.5. The number of hydrogen-bond donors (Lipinski definition) is 1. The number of imidazole rings is 5. The second-order valence-electron chi connectivity index (χ2n) is 27.6. The van der Waals surface area contributed by atoms with Gasteiger partial charge in [-0.15, -0.1) is 0 Å². The van der Waals surface area contributed by atoms with E-state index in [9.17, 15) is 0 Å². The molecule has 0 atom stereocenters. The number of nitrogens with zero attached hydrogens (tertiary/aromatic N) is 9. The van der Waals surface area contributed by atoms with Crippen molar-refractivity contribution in [2.45, 2.75) is 87.5 Å². The minimum Gasteiger partial charge on any atom is -0.334 e. The molecule has 0 saturated carbocycles. The second kappa shape index (κ2) is 42.2. The van der Waals surface area contributed by atoms with Crippen LogP contribution < -0.4 is 13.7 Å². The average Bonchev–Trinajstić information content (AvgIpc) is 1.60. The highest BCUT2D eigenvalue weighted by Gasteiger charge is 2.26. The van der Waals surface area contributed by atoms with E-state index >= 15 is 0 Å². The van der Waals surface area contributed by atoms with Crippen LogP contribution in [0.2, 0.25) is 51.5 Å². The van der Waals surface area contributed by atoms with Gasteiger partial charge >= 0.3 is 0 Å². The monoisotopic (exact) mass is 1990 g/mol. The van der Waals surface area contributed by atoms with Crippen LogP contribution in [0.4, 0.5) is 0 Å². The van der Waals surface area contributed by atoms with Crippen LogP contribution in [0.1, 0.15) is 61.2 Å². The van der Waals surface area contributed by atoms with Gasteiger partial charge in [0.15, 0.2) is 10.3 Å². The maximum absolute atomic E-state index is 7.01. The van der Waals surface area contributed by atoms with Crippen molar-refractivity contribution < 1.29 is 13.7 Å². The first kappa shape index (κ1) is 86.7. The quantitative estimate of drug-likeness (QED) is 0.0542. The maximum Gasteiger partial charge on any atom is 0.255 e. The van der Waals surface area contributed by atoms with Crippen LogP contribution >= 0.6 is 180 Å². The third kappa shape index (κ3) is 22.1. The van der Waals surface area contributed by atoms with Gasteiger partial charge in [-0.25, -0.2) is 37.4 Å². The van der Waals surface area contributed by atoms with Gasteiger partial charge in [-0.2, -0.15) is 0 Å². The fraction of sp³-hybridized carbons (Fsp3) is 0.163. The highest BCUT2D eigenvalue weighted by molar-refractivity contribution is 9.09. The second-order valence-corrected chi connectivity index (χ2v) is 33.7. The molecule has 5 aromatic heterocycles. The van der Waals surface area contributed by atoms with E-state index in [-0.39, 0.29) is 0 Å². The molecule has 10 nitrogen and oxygen atoms in total. The lowest BCUT2D eigenvalue weighted by Crippen LogP contribution is -2.36. The number of halogens is 14. The van der Waals surface area contributed by atoms with Crippen molar-refractivity contribution in [1.29, 1.82) is 0 Å². The van der Waals surface area contributed by atoms with E-state index < -0.39 is 0 Å². The van der Waals surface area contributed by atoms with E-state index in [1.54, 1.807) is 6.33 Å². The summed E-state index contributed by atoms with van der Waals surface area (Å²) in [6, 6.07) is 87.4. The number of benzene rings is 12. The molecule has 5 heterocycles. The molecule has 17 aromatic rings. The minimum atomic E-state index is 0.321. The molecule has 12 aromatic carbocycles. The molecule has 0 fully saturated rings. The van der Waals surface area contributed by atoms with Crippen LogP contribution in [0.5, 0.6) is 0 Å². The molecule has 590 valence electrons. The van der Waals surface area contributed by atoms with E-state index in [2.05, 4.69) is 327 Å². The Bertz CT molecular complexity index is 5990.